The SMILES string of the molecule is CC1(C)C(=O)N(c2ccncc2)C2=CC=CC(c3ccc(C(F)(F)F)c(C(=O)Nc4ccc(F)cc4)c3)C21. The Morgan fingerprint density at radius 1 is 1.03 bits per heavy atom. The number of alkyl halides is 3. The molecular formula is C29H23F4N3O2. The first-order valence-corrected chi connectivity index (χ1v) is 11.9. The predicted molar refractivity (Wildman–Crippen MR) is 135 cm³/mol. The summed E-state index contributed by atoms with van der Waals surface area (Å²) in [5, 5.41) is 2.42. The van der Waals surface area contributed by atoms with E-state index in [-0.39, 0.29) is 11.6 Å². The zero-order valence-electron chi connectivity index (χ0n) is 20.5. The van der Waals surface area contributed by atoms with Gasteiger partial charge in [-0.2, -0.15) is 13.2 Å². The van der Waals surface area contributed by atoms with Gasteiger partial charge in [-0.1, -0.05) is 32.1 Å². The highest BCUT2D eigenvalue weighted by atomic mass is 19.4. The number of aromatic nitrogens is 1. The molecule has 2 aliphatic rings. The highest BCUT2D eigenvalue weighted by Gasteiger charge is 2.54. The molecule has 5 nitrogen and oxygen atoms in total. The molecule has 9 heteroatoms. The Labute approximate surface area is 216 Å². The van der Waals surface area contributed by atoms with Crippen LogP contribution in [0.25, 0.3) is 0 Å². The zero-order valence-corrected chi connectivity index (χ0v) is 20.5. The molecule has 2 amide bonds. The number of pyridine rings is 1. The number of allylic oxidation sites excluding steroid dienone is 4. The third-order valence-corrected chi connectivity index (χ3v) is 7.05. The van der Waals surface area contributed by atoms with Gasteiger partial charge in [0.05, 0.1) is 22.2 Å². The van der Waals surface area contributed by atoms with E-state index >= 15 is 0 Å². The lowest BCUT2D eigenvalue weighted by Gasteiger charge is -2.33. The van der Waals surface area contributed by atoms with Crippen molar-refractivity contribution >= 4 is 23.2 Å². The molecule has 0 bridgehead atoms. The smallest absolute Gasteiger partial charge is 0.322 e. The van der Waals surface area contributed by atoms with Gasteiger partial charge >= 0.3 is 6.18 Å². The lowest BCUT2D eigenvalue weighted by molar-refractivity contribution is -0.137. The number of anilines is 2. The molecule has 0 saturated carbocycles. The second-order valence-corrected chi connectivity index (χ2v) is 9.81. The average Bonchev–Trinajstić information content (AvgIpc) is 3.10. The fourth-order valence-electron chi connectivity index (χ4n) is 5.24. The van der Waals surface area contributed by atoms with Crippen LogP contribution in [0.1, 0.15) is 41.3 Å². The van der Waals surface area contributed by atoms with E-state index in [1.54, 1.807) is 35.5 Å². The minimum Gasteiger partial charge on any atom is -0.322 e. The summed E-state index contributed by atoms with van der Waals surface area (Å²) in [6.45, 7) is 3.63. The number of hydrogen-bond acceptors (Lipinski definition) is 3. The molecule has 1 aromatic heterocycles. The van der Waals surface area contributed by atoms with E-state index < -0.39 is 46.3 Å². The molecule has 2 atom stereocenters. The van der Waals surface area contributed by atoms with Crippen LogP contribution in [0.15, 0.2) is 90.9 Å². The van der Waals surface area contributed by atoms with E-state index in [0.29, 0.717) is 11.3 Å². The van der Waals surface area contributed by atoms with Gasteiger partial charge in [0.25, 0.3) is 5.91 Å². The van der Waals surface area contributed by atoms with Crippen molar-refractivity contribution in [2.24, 2.45) is 11.3 Å². The van der Waals surface area contributed by atoms with E-state index in [0.717, 1.165) is 23.9 Å². The molecule has 2 unspecified atom stereocenters. The molecule has 5 rings (SSSR count). The summed E-state index contributed by atoms with van der Waals surface area (Å²) in [6, 6.07) is 11.7. The first-order chi connectivity index (χ1) is 18.0. The number of hydrogen-bond donors (Lipinski definition) is 1. The topological polar surface area (TPSA) is 62.3 Å². The number of nitrogens with one attached hydrogen (secondary N) is 1. The highest BCUT2D eigenvalue weighted by Crippen LogP contribution is 2.54. The molecule has 2 aromatic carbocycles. The van der Waals surface area contributed by atoms with Gasteiger partial charge in [-0.05, 0) is 60.2 Å². The number of benzene rings is 2. The summed E-state index contributed by atoms with van der Waals surface area (Å²) in [4.78, 5) is 32.2. The van der Waals surface area contributed by atoms with Gasteiger partial charge < -0.3 is 5.32 Å². The van der Waals surface area contributed by atoms with Crippen LogP contribution in [0, 0.1) is 17.2 Å². The Bertz CT molecular complexity index is 1460. The highest BCUT2D eigenvalue weighted by molar-refractivity contribution is 6.06. The molecule has 1 N–H and O–H groups in total. The predicted octanol–water partition coefficient (Wildman–Crippen LogP) is 6.72. The van der Waals surface area contributed by atoms with E-state index in [9.17, 15) is 27.2 Å². The van der Waals surface area contributed by atoms with Crippen molar-refractivity contribution in [3.05, 3.63) is 113 Å². The van der Waals surface area contributed by atoms with Gasteiger partial charge in [-0.3, -0.25) is 19.5 Å². The van der Waals surface area contributed by atoms with Crippen molar-refractivity contribution in [3.8, 4) is 0 Å². The van der Waals surface area contributed by atoms with Crippen molar-refractivity contribution in [2.75, 3.05) is 10.2 Å². The Kier molecular flexibility index (Phi) is 6.17. The number of amides is 2. The van der Waals surface area contributed by atoms with Crippen molar-refractivity contribution in [3.63, 3.8) is 0 Å². The average molecular weight is 522 g/mol. The maximum Gasteiger partial charge on any atom is 0.417 e. The Hall–Kier alpha value is -4.27. The van der Waals surface area contributed by atoms with Crippen LogP contribution in [-0.2, 0) is 11.0 Å². The molecule has 1 aliphatic carbocycles. The minimum atomic E-state index is -4.78. The molecule has 38 heavy (non-hydrogen) atoms. The second kappa shape index (κ2) is 9.24. The fourth-order valence-corrected chi connectivity index (χ4v) is 5.24. The fraction of sp³-hybridized carbons (Fsp3) is 0.207. The van der Waals surface area contributed by atoms with Crippen LogP contribution in [0.2, 0.25) is 0 Å². The Balaban J connectivity index is 1.55. The van der Waals surface area contributed by atoms with Crippen LogP contribution in [-0.4, -0.2) is 16.8 Å². The Morgan fingerprint density at radius 2 is 1.71 bits per heavy atom. The maximum absolute atomic E-state index is 13.9. The molecule has 0 spiro atoms. The van der Waals surface area contributed by atoms with Crippen LogP contribution >= 0.6 is 0 Å². The molecular weight excluding hydrogens is 498 g/mol. The van der Waals surface area contributed by atoms with Crippen LogP contribution in [0.4, 0.5) is 28.9 Å². The van der Waals surface area contributed by atoms with Crippen LogP contribution in [0.5, 0.6) is 0 Å². The first-order valence-electron chi connectivity index (χ1n) is 11.9. The van der Waals surface area contributed by atoms with Gasteiger partial charge in [-0.15, -0.1) is 0 Å². The Morgan fingerprint density at radius 3 is 2.37 bits per heavy atom. The number of fused-ring (bicyclic) bond motifs is 1. The first kappa shape index (κ1) is 25.4. The van der Waals surface area contributed by atoms with Gasteiger partial charge in [-0.25, -0.2) is 4.39 Å². The van der Waals surface area contributed by atoms with Crippen LogP contribution < -0.4 is 10.2 Å². The molecule has 1 aliphatic heterocycles. The molecule has 194 valence electrons. The summed E-state index contributed by atoms with van der Waals surface area (Å²) in [7, 11) is 0. The summed E-state index contributed by atoms with van der Waals surface area (Å²) >= 11 is 0. The van der Waals surface area contributed by atoms with Gasteiger partial charge in [0, 0.05) is 35.6 Å². The second-order valence-electron chi connectivity index (χ2n) is 9.81. The van der Waals surface area contributed by atoms with Gasteiger partial charge in [0.15, 0.2) is 0 Å². The van der Waals surface area contributed by atoms with Crippen molar-refractivity contribution in [2.45, 2.75) is 25.9 Å². The molecule has 2 heterocycles. The molecule has 3 aromatic rings. The summed E-state index contributed by atoms with van der Waals surface area (Å²) in [5.74, 6) is -2.52. The summed E-state index contributed by atoms with van der Waals surface area (Å²) < 4.78 is 54.9. The van der Waals surface area contributed by atoms with E-state index in [1.807, 2.05) is 26.0 Å². The summed E-state index contributed by atoms with van der Waals surface area (Å²) in [5.41, 5.74) is -0.541. The lowest BCUT2D eigenvalue weighted by Crippen LogP contribution is -2.32. The lowest BCUT2D eigenvalue weighted by atomic mass is 9.68. The van der Waals surface area contributed by atoms with Crippen molar-refractivity contribution < 1.29 is 27.2 Å². The van der Waals surface area contributed by atoms with Crippen LogP contribution in [0.3, 0.4) is 0 Å². The quantitative estimate of drug-likeness (QED) is 0.388. The zero-order chi connectivity index (χ0) is 27.2. The number of halogens is 4. The third kappa shape index (κ3) is 4.38. The monoisotopic (exact) mass is 521 g/mol. The maximum atomic E-state index is 13.9. The van der Waals surface area contributed by atoms with E-state index in [4.69, 9.17) is 0 Å². The number of rotatable bonds is 4. The number of nitrogens with zero attached hydrogens (tertiary/aromatic N) is 2. The minimum absolute atomic E-state index is 0.144. The molecule has 0 radical (unpaired) electrons. The normalized spacial score (nSPS) is 20.2. The molecule has 1 fully saturated rings. The van der Waals surface area contributed by atoms with E-state index in [2.05, 4.69) is 10.3 Å². The van der Waals surface area contributed by atoms with Gasteiger partial charge in [0.1, 0.15) is 5.82 Å². The third-order valence-electron chi connectivity index (χ3n) is 7.05. The summed E-state index contributed by atoms with van der Waals surface area (Å²) in [6.07, 6.45) is 3.84. The van der Waals surface area contributed by atoms with E-state index in [1.165, 1.54) is 24.3 Å². The number of carbonyl (C=O) groups is 2. The van der Waals surface area contributed by atoms with Gasteiger partial charge in [0.2, 0.25) is 5.91 Å². The van der Waals surface area contributed by atoms with Crippen molar-refractivity contribution in [1.82, 2.24) is 4.98 Å². The van der Waals surface area contributed by atoms with Crippen molar-refractivity contribution in [1.29, 1.82) is 0 Å². The largest absolute Gasteiger partial charge is 0.417 e. The standard InChI is InChI=1S/C29H23F4N3O2/c1-28(2)25-21(4-3-5-24(25)36(27(28)38)20-12-14-34-15-13-20)17-6-11-23(29(31,32)33)22(16-17)26(37)35-19-9-7-18(30)8-10-19/h3-16,21,25H,1-2H3,(H,35,37). The number of carbonyl (C=O) groups excluding carboxylic acids is 2. The molecule has 1 saturated heterocycles.